The van der Waals surface area contributed by atoms with Crippen LogP contribution in [-0.4, -0.2) is 31.2 Å². The summed E-state index contributed by atoms with van der Waals surface area (Å²) in [5.74, 6) is 0. The molecule has 4 heteroatoms. The van der Waals surface area contributed by atoms with E-state index in [4.69, 9.17) is 0 Å². The van der Waals surface area contributed by atoms with Crippen molar-refractivity contribution in [3.8, 4) is 0 Å². The van der Waals surface area contributed by atoms with E-state index >= 15 is 0 Å². The van der Waals surface area contributed by atoms with Crippen molar-refractivity contribution in [1.82, 2.24) is 4.90 Å². The van der Waals surface area contributed by atoms with Gasteiger partial charge in [-0.1, -0.05) is 42.5 Å². The van der Waals surface area contributed by atoms with Gasteiger partial charge in [-0.15, -0.1) is 0 Å². The Kier molecular flexibility index (Phi) is 4.42. The van der Waals surface area contributed by atoms with E-state index in [1.807, 2.05) is 18.2 Å². The van der Waals surface area contributed by atoms with Gasteiger partial charge in [0.1, 0.15) is 0 Å². The maximum absolute atomic E-state index is 12.9. The Morgan fingerprint density at radius 3 is 2.32 bits per heavy atom. The zero-order valence-electron chi connectivity index (χ0n) is 14.5. The minimum Gasteiger partial charge on any atom is -0.299 e. The molecule has 0 atom stereocenters. The molecule has 1 heterocycles. The molecule has 2 aromatic rings. The summed E-state index contributed by atoms with van der Waals surface area (Å²) in [7, 11) is -3.20. The van der Waals surface area contributed by atoms with Crippen LogP contribution in [0.15, 0.2) is 59.5 Å². The highest BCUT2D eigenvalue weighted by Gasteiger charge is 2.54. The first kappa shape index (κ1) is 16.8. The fraction of sp³-hybridized carbons (Fsp3) is 0.429. The number of nitrogens with zero attached hydrogens (tertiary/aromatic N) is 1. The molecule has 0 radical (unpaired) electrons. The Morgan fingerprint density at radius 1 is 0.920 bits per heavy atom. The van der Waals surface area contributed by atoms with Crippen molar-refractivity contribution in [2.24, 2.45) is 0 Å². The molecule has 0 amide bonds. The van der Waals surface area contributed by atoms with E-state index in [0.717, 1.165) is 51.7 Å². The minimum absolute atomic E-state index is 0.486. The standard InChI is InChI=1S/C21H25NO2S/c23-25(24,20-9-2-1-3-10-20)21(13-14-21)12-6-15-22-16-11-18-7-4-5-8-19(18)17-22/h1-5,7-10H,6,11-17H2. The highest BCUT2D eigenvalue weighted by atomic mass is 32.2. The van der Waals surface area contributed by atoms with Crippen molar-refractivity contribution in [1.29, 1.82) is 0 Å². The van der Waals surface area contributed by atoms with Crippen LogP contribution in [0.4, 0.5) is 0 Å². The number of hydrogen-bond donors (Lipinski definition) is 0. The first-order valence-electron chi connectivity index (χ1n) is 9.20. The van der Waals surface area contributed by atoms with E-state index in [2.05, 4.69) is 29.2 Å². The van der Waals surface area contributed by atoms with Crippen molar-refractivity contribution in [2.75, 3.05) is 13.1 Å². The summed E-state index contributed by atoms with van der Waals surface area (Å²) in [4.78, 5) is 2.95. The fourth-order valence-corrected chi connectivity index (χ4v) is 6.08. The number of sulfone groups is 1. The van der Waals surface area contributed by atoms with Crippen LogP contribution in [0.2, 0.25) is 0 Å². The predicted molar refractivity (Wildman–Crippen MR) is 100 cm³/mol. The number of fused-ring (bicyclic) bond motifs is 1. The summed E-state index contributed by atoms with van der Waals surface area (Å²) in [6.45, 7) is 3.06. The third-order valence-corrected chi connectivity index (χ3v) is 8.39. The largest absolute Gasteiger partial charge is 0.299 e. The van der Waals surface area contributed by atoms with Crippen LogP contribution < -0.4 is 0 Å². The summed E-state index contributed by atoms with van der Waals surface area (Å²) in [5, 5.41) is 0. The van der Waals surface area contributed by atoms with Crippen LogP contribution in [0.1, 0.15) is 36.8 Å². The van der Waals surface area contributed by atoms with Crippen molar-refractivity contribution >= 4 is 9.84 Å². The fourth-order valence-electron chi connectivity index (χ4n) is 4.01. The van der Waals surface area contributed by atoms with Crippen molar-refractivity contribution < 1.29 is 8.42 Å². The van der Waals surface area contributed by atoms with Crippen LogP contribution in [0.25, 0.3) is 0 Å². The van der Waals surface area contributed by atoms with E-state index < -0.39 is 14.6 Å². The second kappa shape index (κ2) is 6.58. The summed E-state index contributed by atoms with van der Waals surface area (Å²) in [6, 6.07) is 17.6. The molecule has 0 bridgehead atoms. The van der Waals surface area contributed by atoms with Crippen LogP contribution in [-0.2, 0) is 22.8 Å². The van der Waals surface area contributed by atoms with E-state index in [9.17, 15) is 8.42 Å². The summed E-state index contributed by atoms with van der Waals surface area (Å²) in [5.41, 5.74) is 2.89. The molecular weight excluding hydrogens is 330 g/mol. The highest BCUT2D eigenvalue weighted by molar-refractivity contribution is 7.93. The van der Waals surface area contributed by atoms with Gasteiger partial charge in [0.05, 0.1) is 9.64 Å². The molecule has 0 unspecified atom stereocenters. The van der Waals surface area contributed by atoms with Gasteiger partial charge in [0, 0.05) is 13.1 Å². The quantitative estimate of drug-likeness (QED) is 0.790. The third kappa shape index (κ3) is 3.25. The minimum atomic E-state index is -3.20. The van der Waals surface area contributed by atoms with Crippen LogP contribution in [0.5, 0.6) is 0 Å². The Labute approximate surface area is 150 Å². The van der Waals surface area contributed by atoms with Crippen LogP contribution in [0, 0.1) is 0 Å². The molecule has 1 aliphatic carbocycles. The molecule has 1 aliphatic heterocycles. The van der Waals surface area contributed by atoms with Gasteiger partial charge in [-0.05, 0) is 61.9 Å². The van der Waals surface area contributed by atoms with E-state index in [1.54, 1.807) is 12.1 Å². The van der Waals surface area contributed by atoms with Gasteiger partial charge in [0.15, 0.2) is 9.84 Å². The first-order valence-corrected chi connectivity index (χ1v) is 10.7. The van der Waals surface area contributed by atoms with Gasteiger partial charge in [-0.25, -0.2) is 8.42 Å². The Morgan fingerprint density at radius 2 is 1.60 bits per heavy atom. The van der Waals surface area contributed by atoms with E-state index in [1.165, 1.54) is 11.1 Å². The zero-order valence-corrected chi connectivity index (χ0v) is 15.3. The lowest BCUT2D eigenvalue weighted by Crippen LogP contribution is -2.32. The Hall–Kier alpha value is -1.65. The maximum Gasteiger partial charge on any atom is 0.184 e. The number of benzene rings is 2. The van der Waals surface area contributed by atoms with Gasteiger partial charge in [-0.3, -0.25) is 4.90 Å². The lowest BCUT2D eigenvalue weighted by atomic mass is 10.00. The average Bonchev–Trinajstić information content (AvgIpc) is 3.44. The molecule has 3 nitrogen and oxygen atoms in total. The molecule has 0 spiro atoms. The first-order chi connectivity index (χ1) is 12.1. The molecule has 0 N–H and O–H groups in total. The maximum atomic E-state index is 12.9. The lowest BCUT2D eigenvalue weighted by Gasteiger charge is -2.29. The third-order valence-electron chi connectivity index (χ3n) is 5.75. The second-order valence-corrected chi connectivity index (χ2v) is 9.74. The zero-order chi connectivity index (χ0) is 17.3. The predicted octanol–water partition coefficient (Wildman–Crippen LogP) is 3.83. The molecule has 2 aromatic carbocycles. The van der Waals surface area contributed by atoms with Gasteiger partial charge < -0.3 is 0 Å². The topological polar surface area (TPSA) is 37.4 Å². The molecule has 0 saturated heterocycles. The molecule has 1 fully saturated rings. The number of hydrogen-bond acceptors (Lipinski definition) is 3. The molecule has 0 aromatic heterocycles. The van der Waals surface area contributed by atoms with Gasteiger partial charge in [-0.2, -0.15) is 0 Å². The Bertz CT molecular complexity index is 841. The van der Waals surface area contributed by atoms with Crippen LogP contribution in [0.3, 0.4) is 0 Å². The number of rotatable bonds is 6. The lowest BCUT2D eigenvalue weighted by molar-refractivity contribution is 0.248. The van der Waals surface area contributed by atoms with Gasteiger partial charge in [0.25, 0.3) is 0 Å². The molecule has 1 saturated carbocycles. The van der Waals surface area contributed by atoms with Crippen molar-refractivity contribution in [3.05, 3.63) is 65.7 Å². The van der Waals surface area contributed by atoms with Gasteiger partial charge >= 0.3 is 0 Å². The molecule has 2 aliphatic rings. The van der Waals surface area contributed by atoms with Crippen molar-refractivity contribution in [2.45, 2.75) is 48.3 Å². The molecule has 25 heavy (non-hydrogen) atoms. The second-order valence-electron chi connectivity index (χ2n) is 7.40. The van der Waals surface area contributed by atoms with E-state index in [0.29, 0.717) is 4.90 Å². The SMILES string of the molecule is O=S(=O)(c1ccccc1)C1(CCCN2CCc3ccccc3C2)CC1. The Balaban J connectivity index is 1.36. The summed E-state index contributed by atoms with van der Waals surface area (Å²) < 4.78 is 25.4. The van der Waals surface area contributed by atoms with Crippen LogP contribution >= 0.6 is 0 Å². The van der Waals surface area contributed by atoms with Crippen molar-refractivity contribution in [3.63, 3.8) is 0 Å². The summed E-state index contributed by atoms with van der Waals surface area (Å²) >= 11 is 0. The highest BCUT2D eigenvalue weighted by Crippen LogP contribution is 2.50. The average molecular weight is 356 g/mol. The normalized spacial score (nSPS) is 19.4. The molecular formula is C21H25NO2S. The molecule has 132 valence electrons. The summed E-state index contributed by atoms with van der Waals surface area (Å²) in [6.07, 6.45) is 4.46. The molecule has 4 rings (SSSR count). The van der Waals surface area contributed by atoms with E-state index in [-0.39, 0.29) is 0 Å². The van der Waals surface area contributed by atoms with Gasteiger partial charge in [0.2, 0.25) is 0 Å². The smallest absolute Gasteiger partial charge is 0.184 e. The monoisotopic (exact) mass is 355 g/mol.